The Kier molecular flexibility index (Phi) is 2.36. The number of fused-ring (bicyclic) bond motifs is 5. The first-order valence-electron chi connectivity index (χ1n) is 6.29. The standard InChI is InChI=1S/C13H20O/c1-2-4-6-10-8-9-11(7-5-3-1)13-12(10)14-13/h8-13H,1-7H2. The van der Waals surface area contributed by atoms with Crippen molar-refractivity contribution < 1.29 is 4.74 Å². The average Bonchev–Trinajstić information content (AvgIpc) is 2.98. The number of epoxide rings is 1. The second kappa shape index (κ2) is 3.69. The lowest BCUT2D eigenvalue weighted by molar-refractivity contribution is 0.311. The molecule has 1 nitrogen and oxygen atoms in total. The molecule has 0 spiro atoms. The van der Waals surface area contributed by atoms with Crippen molar-refractivity contribution in [1.82, 2.24) is 0 Å². The van der Waals surface area contributed by atoms with E-state index in [1.54, 1.807) is 0 Å². The van der Waals surface area contributed by atoms with E-state index in [1.165, 1.54) is 44.9 Å². The molecule has 3 rings (SSSR count). The summed E-state index contributed by atoms with van der Waals surface area (Å²) >= 11 is 0. The van der Waals surface area contributed by atoms with Crippen molar-refractivity contribution in [3.8, 4) is 0 Å². The van der Waals surface area contributed by atoms with Gasteiger partial charge in [-0.15, -0.1) is 0 Å². The first-order chi connectivity index (χ1) is 6.95. The van der Waals surface area contributed by atoms with Crippen LogP contribution in [0.3, 0.4) is 0 Å². The molecule has 78 valence electrons. The normalized spacial score (nSPS) is 46.9. The van der Waals surface area contributed by atoms with E-state index in [2.05, 4.69) is 12.2 Å². The molecule has 0 aromatic rings. The van der Waals surface area contributed by atoms with Gasteiger partial charge in [-0.05, 0) is 12.8 Å². The average molecular weight is 192 g/mol. The topological polar surface area (TPSA) is 12.5 Å². The molecule has 2 bridgehead atoms. The summed E-state index contributed by atoms with van der Waals surface area (Å²) in [6.07, 6.45) is 16.0. The second-order valence-corrected chi connectivity index (χ2v) is 5.12. The largest absolute Gasteiger partial charge is 0.368 e. The van der Waals surface area contributed by atoms with Crippen molar-refractivity contribution in [2.75, 3.05) is 0 Å². The summed E-state index contributed by atoms with van der Waals surface area (Å²) in [4.78, 5) is 0. The zero-order valence-corrected chi connectivity index (χ0v) is 8.82. The van der Waals surface area contributed by atoms with Crippen LogP contribution in [0.25, 0.3) is 0 Å². The van der Waals surface area contributed by atoms with Crippen LogP contribution in [0.1, 0.15) is 44.9 Å². The van der Waals surface area contributed by atoms with Crippen molar-refractivity contribution in [1.29, 1.82) is 0 Å². The summed E-state index contributed by atoms with van der Waals surface area (Å²) in [6.45, 7) is 0. The van der Waals surface area contributed by atoms with E-state index in [-0.39, 0.29) is 0 Å². The van der Waals surface area contributed by atoms with Gasteiger partial charge in [-0.3, -0.25) is 0 Å². The third kappa shape index (κ3) is 1.63. The lowest BCUT2D eigenvalue weighted by Crippen LogP contribution is -2.18. The molecule has 0 amide bonds. The summed E-state index contributed by atoms with van der Waals surface area (Å²) in [5.41, 5.74) is 0. The molecule has 1 heterocycles. The summed E-state index contributed by atoms with van der Waals surface area (Å²) in [5.74, 6) is 1.52. The maximum Gasteiger partial charge on any atom is 0.0910 e. The van der Waals surface area contributed by atoms with Crippen LogP contribution in [0.15, 0.2) is 12.2 Å². The van der Waals surface area contributed by atoms with E-state index < -0.39 is 0 Å². The summed E-state index contributed by atoms with van der Waals surface area (Å²) in [7, 11) is 0. The van der Waals surface area contributed by atoms with E-state index in [0.717, 1.165) is 11.8 Å². The van der Waals surface area contributed by atoms with Crippen LogP contribution in [0.5, 0.6) is 0 Å². The first-order valence-corrected chi connectivity index (χ1v) is 6.29. The maximum absolute atomic E-state index is 5.81. The lowest BCUT2D eigenvalue weighted by Gasteiger charge is -2.17. The molecule has 1 fully saturated rings. The fourth-order valence-corrected chi connectivity index (χ4v) is 3.14. The van der Waals surface area contributed by atoms with E-state index in [9.17, 15) is 0 Å². The smallest absolute Gasteiger partial charge is 0.0910 e. The highest BCUT2D eigenvalue weighted by molar-refractivity contribution is 5.13. The maximum atomic E-state index is 5.81. The summed E-state index contributed by atoms with van der Waals surface area (Å²) in [6, 6.07) is 0. The molecule has 4 atom stereocenters. The molecule has 1 heteroatoms. The molecular weight excluding hydrogens is 172 g/mol. The van der Waals surface area contributed by atoms with Gasteiger partial charge in [0, 0.05) is 11.8 Å². The zero-order valence-electron chi connectivity index (χ0n) is 8.82. The zero-order chi connectivity index (χ0) is 9.38. The van der Waals surface area contributed by atoms with Crippen LogP contribution in [0, 0.1) is 11.8 Å². The van der Waals surface area contributed by atoms with E-state index in [4.69, 9.17) is 4.74 Å². The molecule has 2 aliphatic carbocycles. The predicted octanol–water partition coefficient (Wildman–Crippen LogP) is 3.30. The number of rotatable bonds is 0. The molecule has 0 N–H and O–H groups in total. The molecule has 0 saturated carbocycles. The van der Waals surface area contributed by atoms with Gasteiger partial charge in [0.25, 0.3) is 0 Å². The fourth-order valence-electron chi connectivity index (χ4n) is 3.14. The highest BCUT2D eigenvalue weighted by Gasteiger charge is 2.49. The van der Waals surface area contributed by atoms with E-state index >= 15 is 0 Å². The SMILES string of the molecule is C1=CC2CCCCCCCC1C1OC21. The highest BCUT2D eigenvalue weighted by Crippen LogP contribution is 2.44. The van der Waals surface area contributed by atoms with Gasteiger partial charge in [0.05, 0.1) is 12.2 Å². The highest BCUT2D eigenvalue weighted by atomic mass is 16.6. The van der Waals surface area contributed by atoms with Crippen LogP contribution >= 0.6 is 0 Å². The van der Waals surface area contributed by atoms with Crippen LogP contribution < -0.4 is 0 Å². The van der Waals surface area contributed by atoms with Gasteiger partial charge in [0.15, 0.2) is 0 Å². The third-order valence-electron chi connectivity index (χ3n) is 4.09. The Morgan fingerprint density at radius 2 is 1.21 bits per heavy atom. The van der Waals surface area contributed by atoms with Crippen LogP contribution in [-0.2, 0) is 4.74 Å². The molecule has 0 aromatic carbocycles. The fraction of sp³-hybridized carbons (Fsp3) is 0.846. The number of hydrogen-bond donors (Lipinski definition) is 0. The van der Waals surface area contributed by atoms with Gasteiger partial charge in [-0.2, -0.15) is 0 Å². The van der Waals surface area contributed by atoms with Crippen LogP contribution in [0.2, 0.25) is 0 Å². The Morgan fingerprint density at radius 3 is 1.79 bits per heavy atom. The van der Waals surface area contributed by atoms with Crippen molar-refractivity contribution in [2.45, 2.75) is 57.2 Å². The van der Waals surface area contributed by atoms with Gasteiger partial charge in [-0.1, -0.05) is 44.3 Å². The van der Waals surface area contributed by atoms with Crippen molar-refractivity contribution >= 4 is 0 Å². The van der Waals surface area contributed by atoms with Crippen molar-refractivity contribution in [3.05, 3.63) is 12.2 Å². The van der Waals surface area contributed by atoms with Gasteiger partial charge < -0.3 is 4.74 Å². The minimum Gasteiger partial charge on any atom is -0.368 e. The molecule has 0 radical (unpaired) electrons. The summed E-state index contributed by atoms with van der Waals surface area (Å²) in [5, 5.41) is 0. The third-order valence-corrected chi connectivity index (χ3v) is 4.09. The van der Waals surface area contributed by atoms with Gasteiger partial charge in [0.2, 0.25) is 0 Å². The predicted molar refractivity (Wildman–Crippen MR) is 57.1 cm³/mol. The van der Waals surface area contributed by atoms with Gasteiger partial charge >= 0.3 is 0 Å². The molecule has 3 aliphatic rings. The second-order valence-electron chi connectivity index (χ2n) is 5.12. The molecular formula is C13H20O. The Bertz CT molecular complexity index is 211. The Morgan fingerprint density at radius 1 is 0.714 bits per heavy atom. The molecule has 1 saturated heterocycles. The minimum absolute atomic E-state index is 0.614. The van der Waals surface area contributed by atoms with Gasteiger partial charge in [-0.25, -0.2) is 0 Å². The molecule has 0 aromatic heterocycles. The summed E-state index contributed by atoms with van der Waals surface area (Å²) < 4.78 is 5.81. The van der Waals surface area contributed by atoms with E-state index in [0.29, 0.717) is 12.2 Å². The molecule has 4 unspecified atom stereocenters. The molecule has 1 aliphatic heterocycles. The quantitative estimate of drug-likeness (QED) is 0.424. The Balaban J connectivity index is 1.71. The van der Waals surface area contributed by atoms with Crippen molar-refractivity contribution in [2.24, 2.45) is 11.8 Å². The van der Waals surface area contributed by atoms with Crippen LogP contribution in [-0.4, -0.2) is 12.2 Å². The lowest BCUT2D eigenvalue weighted by atomic mass is 9.84. The Hall–Kier alpha value is -0.300. The monoisotopic (exact) mass is 192 g/mol. The van der Waals surface area contributed by atoms with Crippen LogP contribution in [0.4, 0.5) is 0 Å². The number of hydrogen-bond acceptors (Lipinski definition) is 1. The van der Waals surface area contributed by atoms with Gasteiger partial charge in [0.1, 0.15) is 0 Å². The van der Waals surface area contributed by atoms with Crippen molar-refractivity contribution in [3.63, 3.8) is 0 Å². The first kappa shape index (κ1) is 8.96. The Labute approximate surface area is 86.5 Å². The minimum atomic E-state index is 0.614. The molecule has 14 heavy (non-hydrogen) atoms. The number of ether oxygens (including phenoxy) is 1. The van der Waals surface area contributed by atoms with E-state index in [1.807, 2.05) is 0 Å².